The molecule has 1 aromatic heterocycles. The van der Waals surface area contributed by atoms with E-state index in [0.29, 0.717) is 6.61 Å². The van der Waals surface area contributed by atoms with Crippen LogP contribution in [-0.4, -0.2) is 16.1 Å². The maximum atomic E-state index is 10.8. The number of rotatable bonds is 5. The molecule has 20 heavy (non-hydrogen) atoms. The normalized spacial score (nSPS) is 10.4. The molecule has 0 saturated heterocycles. The maximum Gasteiger partial charge on any atom is 0.267 e. The predicted octanol–water partition coefficient (Wildman–Crippen LogP) is 2.18. The number of hydrogen-bond acceptors (Lipinski definition) is 4. The number of nitrogens with zero attached hydrogens (tertiary/aromatic N) is 1. The van der Waals surface area contributed by atoms with Crippen molar-refractivity contribution in [2.24, 2.45) is 0 Å². The van der Waals surface area contributed by atoms with Gasteiger partial charge in [0.2, 0.25) is 0 Å². The molecule has 2 rings (SSSR count). The van der Waals surface area contributed by atoms with Gasteiger partial charge in [0.25, 0.3) is 5.91 Å². The van der Waals surface area contributed by atoms with Gasteiger partial charge in [-0.25, -0.2) is 5.48 Å². The molecule has 0 spiro atoms. The lowest BCUT2D eigenvalue weighted by Crippen LogP contribution is -2.14. The lowest BCUT2D eigenvalue weighted by Gasteiger charge is -2.06. The van der Waals surface area contributed by atoms with Crippen LogP contribution in [0.5, 0.6) is 5.75 Å². The first-order chi connectivity index (χ1) is 9.78. The zero-order valence-corrected chi connectivity index (χ0v) is 10.7. The van der Waals surface area contributed by atoms with Crippen LogP contribution in [0.15, 0.2) is 54.9 Å². The first-order valence-electron chi connectivity index (χ1n) is 6.02. The van der Waals surface area contributed by atoms with E-state index in [0.717, 1.165) is 16.9 Å². The van der Waals surface area contributed by atoms with Gasteiger partial charge in [-0.2, -0.15) is 0 Å². The van der Waals surface area contributed by atoms with Gasteiger partial charge >= 0.3 is 0 Å². The van der Waals surface area contributed by atoms with Crippen molar-refractivity contribution in [2.75, 3.05) is 0 Å². The number of ether oxygens (including phenoxy) is 1. The fourth-order valence-electron chi connectivity index (χ4n) is 1.53. The molecule has 0 atom stereocenters. The van der Waals surface area contributed by atoms with Crippen molar-refractivity contribution >= 4 is 12.0 Å². The van der Waals surface area contributed by atoms with E-state index in [4.69, 9.17) is 9.94 Å². The van der Waals surface area contributed by atoms with Crippen molar-refractivity contribution in [3.8, 4) is 5.75 Å². The highest BCUT2D eigenvalue weighted by Crippen LogP contribution is 2.14. The van der Waals surface area contributed by atoms with Gasteiger partial charge in [-0.1, -0.05) is 18.2 Å². The largest absolute Gasteiger partial charge is 0.489 e. The Morgan fingerprint density at radius 3 is 2.75 bits per heavy atom. The van der Waals surface area contributed by atoms with Gasteiger partial charge < -0.3 is 4.74 Å². The number of carbonyl (C=O) groups excluding carboxylic acids is 1. The Hall–Kier alpha value is -2.66. The number of benzene rings is 1. The Labute approximate surface area is 116 Å². The van der Waals surface area contributed by atoms with E-state index in [1.807, 2.05) is 36.4 Å². The molecule has 1 heterocycles. The first kappa shape index (κ1) is 13.8. The van der Waals surface area contributed by atoms with Crippen molar-refractivity contribution in [1.29, 1.82) is 0 Å². The molecule has 0 fully saturated rings. The quantitative estimate of drug-likeness (QED) is 0.496. The van der Waals surface area contributed by atoms with Crippen LogP contribution in [0.25, 0.3) is 6.08 Å². The fourth-order valence-corrected chi connectivity index (χ4v) is 1.53. The fraction of sp³-hybridized carbons (Fsp3) is 0.0667. The second kappa shape index (κ2) is 7.06. The molecule has 0 aliphatic carbocycles. The molecule has 5 heteroatoms. The third-order valence-corrected chi connectivity index (χ3v) is 2.55. The monoisotopic (exact) mass is 270 g/mol. The highest BCUT2D eigenvalue weighted by Gasteiger charge is 1.96. The van der Waals surface area contributed by atoms with E-state index in [2.05, 4.69) is 4.98 Å². The smallest absolute Gasteiger partial charge is 0.267 e. The van der Waals surface area contributed by atoms with E-state index >= 15 is 0 Å². The van der Waals surface area contributed by atoms with E-state index in [1.54, 1.807) is 18.5 Å². The Kier molecular flexibility index (Phi) is 4.86. The van der Waals surface area contributed by atoms with Crippen molar-refractivity contribution in [1.82, 2.24) is 10.5 Å². The summed E-state index contributed by atoms with van der Waals surface area (Å²) in [6.45, 7) is 0.454. The molecule has 1 amide bonds. The van der Waals surface area contributed by atoms with E-state index in [9.17, 15) is 4.79 Å². The lowest BCUT2D eigenvalue weighted by molar-refractivity contribution is -0.124. The molecule has 0 bridgehead atoms. The second-order valence-corrected chi connectivity index (χ2v) is 4.03. The minimum Gasteiger partial charge on any atom is -0.489 e. The van der Waals surface area contributed by atoms with E-state index < -0.39 is 5.91 Å². The summed E-state index contributed by atoms with van der Waals surface area (Å²) < 4.78 is 5.61. The predicted molar refractivity (Wildman–Crippen MR) is 74.0 cm³/mol. The minimum absolute atomic E-state index is 0.454. The van der Waals surface area contributed by atoms with Crippen LogP contribution < -0.4 is 10.2 Å². The van der Waals surface area contributed by atoms with Crippen molar-refractivity contribution in [3.05, 3.63) is 66.0 Å². The molecule has 0 aliphatic heterocycles. The maximum absolute atomic E-state index is 10.8. The molecular formula is C15H14N2O3. The molecular weight excluding hydrogens is 256 g/mol. The number of nitrogens with one attached hydrogen (secondary N) is 1. The van der Waals surface area contributed by atoms with Gasteiger partial charge in [0.1, 0.15) is 12.4 Å². The van der Waals surface area contributed by atoms with E-state index in [1.165, 1.54) is 11.6 Å². The minimum atomic E-state index is -0.568. The highest BCUT2D eigenvalue weighted by molar-refractivity contribution is 5.90. The van der Waals surface area contributed by atoms with Crippen LogP contribution in [0, 0.1) is 0 Å². The van der Waals surface area contributed by atoms with Crippen molar-refractivity contribution < 1.29 is 14.7 Å². The number of hydrogen-bond donors (Lipinski definition) is 2. The topological polar surface area (TPSA) is 71.5 Å². The standard InChI is InChI=1S/C15H14N2O3/c18-15(17-19)8-5-12-3-6-14(7-4-12)20-11-13-2-1-9-16-10-13/h1-10,19H,11H2,(H,17,18)/b8-5+. The van der Waals surface area contributed by atoms with Gasteiger partial charge in [-0.15, -0.1) is 0 Å². The summed E-state index contributed by atoms with van der Waals surface area (Å²) in [5, 5.41) is 8.36. The molecule has 1 aromatic carbocycles. The first-order valence-corrected chi connectivity index (χ1v) is 6.02. The Morgan fingerprint density at radius 1 is 1.30 bits per heavy atom. The molecule has 0 radical (unpaired) electrons. The van der Waals surface area contributed by atoms with Gasteiger partial charge in [0, 0.05) is 24.0 Å². The Morgan fingerprint density at radius 2 is 2.10 bits per heavy atom. The van der Waals surface area contributed by atoms with Crippen LogP contribution in [0.2, 0.25) is 0 Å². The molecule has 2 N–H and O–H groups in total. The number of amides is 1. The molecule has 0 saturated carbocycles. The lowest BCUT2D eigenvalue weighted by atomic mass is 10.2. The van der Waals surface area contributed by atoms with Gasteiger partial charge in [-0.3, -0.25) is 15.0 Å². The highest BCUT2D eigenvalue weighted by atomic mass is 16.5. The number of pyridine rings is 1. The SMILES string of the molecule is O=C(/C=C/c1ccc(OCc2cccnc2)cc1)NO. The van der Waals surface area contributed by atoms with Gasteiger partial charge in [-0.05, 0) is 29.8 Å². The summed E-state index contributed by atoms with van der Waals surface area (Å²) in [4.78, 5) is 14.8. The Bertz CT molecular complexity index is 580. The third kappa shape index (κ3) is 4.22. The van der Waals surface area contributed by atoms with Crippen molar-refractivity contribution in [3.63, 3.8) is 0 Å². The third-order valence-electron chi connectivity index (χ3n) is 2.55. The summed E-state index contributed by atoms with van der Waals surface area (Å²) in [5.74, 6) is 0.166. The average molecular weight is 270 g/mol. The zero-order valence-electron chi connectivity index (χ0n) is 10.7. The van der Waals surface area contributed by atoms with E-state index in [-0.39, 0.29) is 0 Å². The summed E-state index contributed by atoms with van der Waals surface area (Å²) in [5.41, 5.74) is 3.36. The summed E-state index contributed by atoms with van der Waals surface area (Å²) in [6, 6.07) is 11.1. The van der Waals surface area contributed by atoms with Crippen molar-refractivity contribution in [2.45, 2.75) is 6.61 Å². The Balaban J connectivity index is 1.91. The summed E-state index contributed by atoms with van der Waals surface area (Å²) >= 11 is 0. The second-order valence-electron chi connectivity index (χ2n) is 4.03. The molecule has 102 valence electrons. The summed E-state index contributed by atoms with van der Waals surface area (Å²) in [7, 11) is 0. The van der Waals surface area contributed by atoms with Crippen LogP contribution in [0.3, 0.4) is 0 Å². The number of carbonyl (C=O) groups is 1. The zero-order chi connectivity index (χ0) is 14.2. The summed E-state index contributed by atoms with van der Waals surface area (Å²) in [6.07, 6.45) is 6.31. The molecule has 2 aromatic rings. The number of hydroxylamine groups is 1. The van der Waals surface area contributed by atoms with Crippen LogP contribution >= 0.6 is 0 Å². The molecule has 0 unspecified atom stereocenters. The average Bonchev–Trinajstić information content (AvgIpc) is 2.52. The van der Waals surface area contributed by atoms with Gasteiger partial charge in [0.05, 0.1) is 0 Å². The van der Waals surface area contributed by atoms with Gasteiger partial charge in [0.15, 0.2) is 0 Å². The van der Waals surface area contributed by atoms with Crippen LogP contribution in [0.4, 0.5) is 0 Å². The molecule has 0 aliphatic rings. The number of aromatic nitrogens is 1. The van der Waals surface area contributed by atoms with Crippen LogP contribution in [0.1, 0.15) is 11.1 Å². The molecule has 5 nitrogen and oxygen atoms in total. The van der Waals surface area contributed by atoms with Crippen LogP contribution in [-0.2, 0) is 11.4 Å².